The number of guanidine groups is 1. The molecule has 20 heavy (non-hydrogen) atoms. The van der Waals surface area contributed by atoms with E-state index in [1.54, 1.807) is 11.7 Å². The number of hydrogen-bond acceptors (Lipinski definition) is 3. The minimum absolute atomic E-state index is 0.728. The standard InChI is InChI=1S/C14H25N5O/c1-15-14(17-8-13-9-18-19(2)10-13)16-6-3-7-20-11-12-4-5-12/h9-10,12H,3-8,11H2,1-2H3,(H2,15,16,17). The molecule has 0 radical (unpaired) electrons. The molecule has 1 fully saturated rings. The molecule has 112 valence electrons. The number of aliphatic imine (C=N–C) groups is 1. The van der Waals surface area contributed by atoms with Crippen molar-refractivity contribution < 1.29 is 4.74 Å². The number of nitrogens with one attached hydrogen (secondary N) is 2. The average molecular weight is 279 g/mol. The summed E-state index contributed by atoms with van der Waals surface area (Å²) in [5.74, 6) is 1.66. The Kier molecular flexibility index (Phi) is 5.86. The van der Waals surface area contributed by atoms with Gasteiger partial charge in [0, 0.05) is 52.2 Å². The molecule has 2 rings (SSSR count). The van der Waals surface area contributed by atoms with E-state index in [-0.39, 0.29) is 0 Å². The first-order chi connectivity index (χ1) is 9.78. The van der Waals surface area contributed by atoms with E-state index in [1.807, 2.05) is 19.4 Å². The highest BCUT2D eigenvalue weighted by atomic mass is 16.5. The zero-order valence-corrected chi connectivity index (χ0v) is 12.4. The predicted octanol–water partition coefficient (Wildman–Crippen LogP) is 0.902. The molecule has 0 amide bonds. The summed E-state index contributed by atoms with van der Waals surface area (Å²) in [6.45, 7) is 3.36. The lowest BCUT2D eigenvalue weighted by atomic mass is 10.3. The van der Waals surface area contributed by atoms with Crippen LogP contribution in [0.5, 0.6) is 0 Å². The maximum Gasteiger partial charge on any atom is 0.191 e. The predicted molar refractivity (Wildman–Crippen MR) is 79.6 cm³/mol. The van der Waals surface area contributed by atoms with E-state index in [4.69, 9.17) is 4.74 Å². The van der Waals surface area contributed by atoms with E-state index in [2.05, 4.69) is 20.7 Å². The fourth-order valence-corrected chi connectivity index (χ4v) is 1.89. The smallest absolute Gasteiger partial charge is 0.191 e. The van der Waals surface area contributed by atoms with Gasteiger partial charge in [-0.2, -0.15) is 5.10 Å². The number of rotatable bonds is 8. The van der Waals surface area contributed by atoms with E-state index >= 15 is 0 Å². The summed E-state index contributed by atoms with van der Waals surface area (Å²) in [7, 11) is 3.69. The average Bonchev–Trinajstić information content (AvgIpc) is 3.18. The summed E-state index contributed by atoms with van der Waals surface area (Å²) in [5, 5.41) is 10.7. The van der Waals surface area contributed by atoms with E-state index in [9.17, 15) is 0 Å². The topological polar surface area (TPSA) is 63.5 Å². The van der Waals surface area contributed by atoms with Crippen molar-refractivity contribution in [3.05, 3.63) is 18.0 Å². The van der Waals surface area contributed by atoms with Gasteiger partial charge in [0.15, 0.2) is 5.96 Å². The minimum Gasteiger partial charge on any atom is -0.381 e. The summed E-state index contributed by atoms with van der Waals surface area (Å²) in [6, 6.07) is 0. The summed E-state index contributed by atoms with van der Waals surface area (Å²) >= 11 is 0. The van der Waals surface area contributed by atoms with Crippen LogP contribution in [0.25, 0.3) is 0 Å². The van der Waals surface area contributed by atoms with Crippen molar-refractivity contribution in [3.63, 3.8) is 0 Å². The Morgan fingerprint density at radius 1 is 1.50 bits per heavy atom. The van der Waals surface area contributed by atoms with Crippen molar-refractivity contribution in [2.24, 2.45) is 18.0 Å². The zero-order valence-electron chi connectivity index (χ0n) is 12.4. The molecule has 1 aromatic heterocycles. The molecule has 0 aliphatic heterocycles. The Hall–Kier alpha value is -1.56. The first-order valence-corrected chi connectivity index (χ1v) is 7.27. The third kappa shape index (κ3) is 5.61. The van der Waals surface area contributed by atoms with Crippen LogP contribution in [0, 0.1) is 5.92 Å². The molecule has 1 aromatic rings. The molecule has 6 heteroatoms. The quantitative estimate of drug-likeness (QED) is 0.422. The highest BCUT2D eigenvalue weighted by molar-refractivity contribution is 5.79. The van der Waals surface area contributed by atoms with E-state index in [0.717, 1.165) is 50.2 Å². The second kappa shape index (κ2) is 7.89. The highest BCUT2D eigenvalue weighted by Crippen LogP contribution is 2.28. The fourth-order valence-electron chi connectivity index (χ4n) is 1.89. The molecule has 1 aliphatic rings. The molecule has 1 saturated carbocycles. The van der Waals surface area contributed by atoms with E-state index < -0.39 is 0 Å². The Balaban J connectivity index is 1.52. The number of ether oxygens (including phenoxy) is 1. The van der Waals surface area contributed by atoms with Gasteiger partial charge in [-0.25, -0.2) is 0 Å². The summed E-state index contributed by atoms with van der Waals surface area (Å²) in [6.07, 6.45) is 7.55. The lowest BCUT2D eigenvalue weighted by Gasteiger charge is -2.11. The molecule has 2 N–H and O–H groups in total. The molecule has 0 atom stereocenters. The molecular formula is C14H25N5O. The molecule has 1 heterocycles. The van der Waals surface area contributed by atoms with Crippen LogP contribution in [0.2, 0.25) is 0 Å². The molecule has 0 bridgehead atoms. The largest absolute Gasteiger partial charge is 0.381 e. The van der Waals surface area contributed by atoms with Crippen LogP contribution in [-0.4, -0.2) is 42.5 Å². The maximum atomic E-state index is 5.59. The monoisotopic (exact) mass is 279 g/mol. The highest BCUT2D eigenvalue weighted by Gasteiger charge is 2.20. The minimum atomic E-state index is 0.728. The molecule has 1 aliphatic carbocycles. The van der Waals surface area contributed by atoms with Crippen molar-refractivity contribution in [2.45, 2.75) is 25.8 Å². The third-order valence-corrected chi connectivity index (χ3v) is 3.25. The second-order valence-electron chi connectivity index (χ2n) is 5.25. The summed E-state index contributed by atoms with van der Waals surface area (Å²) in [4.78, 5) is 4.19. The fraction of sp³-hybridized carbons (Fsp3) is 0.714. The molecule has 0 saturated heterocycles. The van der Waals surface area contributed by atoms with Crippen molar-refractivity contribution in [1.29, 1.82) is 0 Å². The van der Waals surface area contributed by atoms with Gasteiger partial charge in [-0.15, -0.1) is 0 Å². The van der Waals surface area contributed by atoms with Gasteiger partial charge in [0.25, 0.3) is 0 Å². The molecular weight excluding hydrogens is 254 g/mol. The van der Waals surface area contributed by atoms with Gasteiger partial charge in [-0.3, -0.25) is 9.67 Å². The van der Waals surface area contributed by atoms with Crippen molar-refractivity contribution >= 4 is 5.96 Å². The Morgan fingerprint density at radius 3 is 3.00 bits per heavy atom. The van der Waals surface area contributed by atoms with Crippen molar-refractivity contribution in [2.75, 3.05) is 26.8 Å². The Bertz CT molecular complexity index is 425. The second-order valence-corrected chi connectivity index (χ2v) is 5.25. The Labute approximate surface area is 120 Å². The first-order valence-electron chi connectivity index (χ1n) is 7.27. The zero-order chi connectivity index (χ0) is 14.2. The molecule has 0 unspecified atom stereocenters. The van der Waals surface area contributed by atoms with Crippen LogP contribution < -0.4 is 10.6 Å². The third-order valence-electron chi connectivity index (χ3n) is 3.25. The normalized spacial score (nSPS) is 15.4. The van der Waals surface area contributed by atoms with E-state index in [1.165, 1.54) is 12.8 Å². The SMILES string of the molecule is CN=C(NCCCOCC1CC1)NCc1cnn(C)c1. The number of nitrogens with zero attached hydrogens (tertiary/aromatic N) is 3. The summed E-state index contributed by atoms with van der Waals surface area (Å²) in [5.41, 5.74) is 1.14. The van der Waals surface area contributed by atoms with Crippen molar-refractivity contribution in [3.8, 4) is 0 Å². The molecule has 6 nitrogen and oxygen atoms in total. The number of aryl methyl sites for hydroxylation is 1. The van der Waals surface area contributed by atoms with Crippen molar-refractivity contribution in [1.82, 2.24) is 20.4 Å². The first kappa shape index (κ1) is 14.8. The van der Waals surface area contributed by atoms with Crippen LogP contribution >= 0.6 is 0 Å². The summed E-state index contributed by atoms with van der Waals surface area (Å²) < 4.78 is 7.39. The number of hydrogen-bond donors (Lipinski definition) is 2. The van der Waals surface area contributed by atoms with Gasteiger partial charge in [0.05, 0.1) is 6.20 Å². The van der Waals surface area contributed by atoms with Gasteiger partial charge in [0.2, 0.25) is 0 Å². The van der Waals surface area contributed by atoms with E-state index in [0.29, 0.717) is 0 Å². The van der Waals surface area contributed by atoms with Crippen LogP contribution in [-0.2, 0) is 18.3 Å². The van der Waals surface area contributed by atoms with Gasteiger partial charge < -0.3 is 15.4 Å². The van der Waals surface area contributed by atoms with Crippen LogP contribution in [0.1, 0.15) is 24.8 Å². The van der Waals surface area contributed by atoms with Gasteiger partial charge >= 0.3 is 0 Å². The van der Waals surface area contributed by atoms with Gasteiger partial charge in [-0.05, 0) is 25.2 Å². The Morgan fingerprint density at radius 2 is 2.35 bits per heavy atom. The van der Waals surface area contributed by atoms with Gasteiger partial charge in [0.1, 0.15) is 0 Å². The van der Waals surface area contributed by atoms with Crippen LogP contribution in [0.15, 0.2) is 17.4 Å². The lowest BCUT2D eigenvalue weighted by Crippen LogP contribution is -2.37. The number of aromatic nitrogens is 2. The van der Waals surface area contributed by atoms with Gasteiger partial charge in [-0.1, -0.05) is 0 Å². The molecule has 0 spiro atoms. The molecule has 0 aromatic carbocycles. The van der Waals surface area contributed by atoms with Crippen LogP contribution in [0.3, 0.4) is 0 Å². The maximum absolute atomic E-state index is 5.59. The lowest BCUT2D eigenvalue weighted by molar-refractivity contribution is 0.123. The van der Waals surface area contributed by atoms with Crippen LogP contribution in [0.4, 0.5) is 0 Å².